The number of phosphoric ester groups is 1. The molecule has 2 aliphatic rings. The molecule has 27 heteroatoms. The summed E-state index contributed by atoms with van der Waals surface area (Å²) in [5.74, 6) is -1.44. The summed E-state index contributed by atoms with van der Waals surface area (Å²) in [5, 5.41) is 14.8. The molecule has 3 aromatic carbocycles. The minimum Gasteiger partial charge on any atom is -0.497 e. The number of hydrogen-bond acceptors (Lipinski definition) is 20. The number of imidazole rings is 2. The third-order valence-corrected chi connectivity index (χ3v) is 15.0. The van der Waals surface area contributed by atoms with Crippen LogP contribution >= 0.6 is 7.82 Å². The molecule has 1 unspecified atom stereocenters. The zero-order valence-corrected chi connectivity index (χ0v) is 46.1. The molecule has 0 bridgehead atoms. The fraction of sp³-hybridized carbons (Fsp3) is 0.407. The Morgan fingerprint density at radius 2 is 1.21 bits per heavy atom. The van der Waals surface area contributed by atoms with Crippen LogP contribution in [0.5, 0.6) is 11.5 Å². The lowest BCUT2D eigenvalue weighted by Gasteiger charge is -2.37. The Hall–Kier alpha value is -8.15. The Labute approximate surface area is 463 Å². The largest absolute Gasteiger partial charge is 0.497 e. The third-order valence-electron chi connectivity index (χ3n) is 13.5. The van der Waals surface area contributed by atoms with Crippen LogP contribution in [0, 0.1) is 23.2 Å². The van der Waals surface area contributed by atoms with E-state index in [0.29, 0.717) is 28.2 Å². The molecule has 2 aliphatic heterocycles. The Kier molecular flexibility index (Phi) is 17.5. The average molecular weight is 1130 g/mol. The van der Waals surface area contributed by atoms with Crippen LogP contribution in [0.2, 0.25) is 0 Å². The molecule has 81 heavy (non-hydrogen) atoms. The van der Waals surface area contributed by atoms with Crippen molar-refractivity contribution < 1.29 is 60.9 Å². The van der Waals surface area contributed by atoms with Crippen molar-refractivity contribution in [2.45, 2.75) is 96.4 Å². The summed E-state index contributed by atoms with van der Waals surface area (Å²) >= 11 is 0. The number of aromatic amines is 2. The number of nitrogens with one attached hydrogen (secondary N) is 4. The molecule has 4 N–H and O–H groups in total. The molecular formula is C54H60N11O15P. The van der Waals surface area contributed by atoms with Crippen LogP contribution in [0.15, 0.2) is 101 Å². The van der Waals surface area contributed by atoms with Gasteiger partial charge in [-0.2, -0.15) is 15.2 Å². The minimum atomic E-state index is -4.85. The molecule has 6 heterocycles. The van der Waals surface area contributed by atoms with Crippen molar-refractivity contribution in [2.75, 3.05) is 44.7 Å². The lowest BCUT2D eigenvalue weighted by Crippen LogP contribution is -2.38. The van der Waals surface area contributed by atoms with Crippen LogP contribution in [-0.4, -0.2) is 115 Å². The van der Waals surface area contributed by atoms with Gasteiger partial charge < -0.3 is 28.4 Å². The second-order valence-corrected chi connectivity index (χ2v) is 21.2. The molecule has 2 fully saturated rings. The standard InChI is InChI=1S/C54H60N11O15P/c1-30(2)48(67)60-52-58-46-44(50(69)62-52)56-28-64(46)42-24-38(77-32(5)66)41(79-42)27-76-81(71,75-23-11-22-55)80-39-25-43(65-29-57-45-47(65)59-53(63-51(45)70)61-49(68)31(3)4)78-40(39)26-74-54(33-12-9-8-10-13-33,34-14-18-36(72-6)19-15-34)35-16-20-37(73-7)21-17-35/h8-10,12-21,28-31,38-43H,11,23-27H2,1-7H3,(H2,58,60,62,67,69)(H2,59,61,63,68,70)/t38-,39-,40+,41+,42+,43+,81?/m0/s1. The van der Waals surface area contributed by atoms with Crippen LogP contribution in [0.25, 0.3) is 22.3 Å². The molecule has 2 amide bonds. The van der Waals surface area contributed by atoms with E-state index < -0.39 is 104 Å². The predicted molar refractivity (Wildman–Crippen MR) is 289 cm³/mol. The Morgan fingerprint density at radius 1 is 0.728 bits per heavy atom. The number of nitriles is 1. The second kappa shape index (κ2) is 24.7. The average Bonchev–Trinajstić information content (AvgIpc) is 4.38. The molecule has 26 nitrogen and oxygen atoms in total. The molecule has 7 atom stereocenters. The number of aromatic nitrogens is 8. The fourth-order valence-electron chi connectivity index (χ4n) is 9.32. The number of fused-ring (bicyclic) bond motifs is 2. The van der Waals surface area contributed by atoms with E-state index >= 15 is 4.57 Å². The van der Waals surface area contributed by atoms with Crippen LogP contribution < -0.4 is 31.2 Å². The fourth-order valence-corrected chi connectivity index (χ4v) is 10.7. The van der Waals surface area contributed by atoms with E-state index in [4.69, 9.17) is 42.0 Å². The summed E-state index contributed by atoms with van der Waals surface area (Å²) < 4.78 is 74.0. The molecule has 2 saturated heterocycles. The van der Waals surface area contributed by atoms with E-state index in [9.17, 15) is 29.2 Å². The van der Waals surface area contributed by atoms with Crippen molar-refractivity contribution in [2.24, 2.45) is 11.8 Å². The number of benzene rings is 3. The topological polar surface area (TPSA) is 326 Å². The van der Waals surface area contributed by atoms with Gasteiger partial charge in [0.2, 0.25) is 23.7 Å². The van der Waals surface area contributed by atoms with Crippen LogP contribution in [-0.2, 0) is 57.1 Å². The number of rotatable bonds is 23. The summed E-state index contributed by atoms with van der Waals surface area (Å²) in [6, 6.07) is 26.1. The summed E-state index contributed by atoms with van der Waals surface area (Å²) in [7, 11) is -1.72. The SMILES string of the molecule is COc1ccc(C(OC[C@H]2O[C@@H](n3cnc4c(=O)[nH]c(NC(=O)C(C)C)nc43)C[C@@H]2OP(=O)(OCCC#N)OC[C@H]2O[C@@H](n3cnc4c(=O)[nH]c(NC(=O)C(C)C)nc43)C[C@@H]2OC(C)=O)(c2ccccc2)c2ccc(OC)cc2)cc1. The van der Waals surface area contributed by atoms with Gasteiger partial charge in [-0.25, -0.2) is 14.5 Å². The Balaban J connectivity index is 1.07. The summed E-state index contributed by atoms with van der Waals surface area (Å²) in [4.78, 5) is 87.0. The highest BCUT2D eigenvalue weighted by Crippen LogP contribution is 2.54. The van der Waals surface area contributed by atoms with Gasteiger partial charge in [-0.05, 0) is 41.0 Å². The number of carbonyl (C=O) groups is 3. The quantitative estimate of drug-likeness (QED) is 0.0232. The molecule has 7 aromatic rings. The molecule has 4 aromatic heterocycles. The van der Waals surface area contributed by atoms with Crippen molar-refractivity contribution in [3.63, 3.8) is 0 Å². The van der Waals surface area contributed by atoms with Crippen LogP contribution in [0.1, 0.15) is 83.0 Å². The molecule has 0 aliphatic carbocycles. The highest BCUT2D eigenvalue weighted by Gasteiger charge is 2.48. The molecule has 0 spiro atoms. The van der Waals surface area contributed by atoms with E-state index in [2.05, 4.69) is 40.5 Å². The number of nitrogens with zero attached hydrogens (tertiary/aromatic N) is 7. The van der Waals surface area contributed by atoms with E-state index in [0.717, 1.165) is 0 Å². The first kappa shape index (κ1) is 57.5. The Bertz CT molecular complexity index is 3550. The predicted octanol–water partition coefficient (Wildman–Crippen LogP) is 6.41. The van der Waals surface area contributed by atoms with Gasteiger partial charge in [-0.3, -0.25) is 67.3 Å². The highest BCUT2D eigenvalue weighted by atomic mass is 31.2. The number of methoxy groups -OCH3 is 2. The van der Waals surface area contributed by atoms with Crippen LogP contribution in [0.3, 0.4) is 0 Å². The zero-order chi connectivity index (χ0) is 57.6. The van der Waals surface area contributed by atoms with Gasteiger partial charge in [0.15, 0.2) is 22.3 Å². The number of ether oxygens (including phenoxy) is 6. The molecule has 0 saturated carbocycles. The monoisotopic (exact) mass is 1130 g/mol. The van der Waals surface area contributed by atoms with Crippen LogP contribution in [0.4, 0.5) is 11.9 Å². The maximum absolute atomic E-state index is 15.3. The van der Waals surface area contributed by atoms with Gasteiger partial charge in [0.25, 0.3) is 11.1 Å². The number of phosphoric acid groups is 1. The number of hydrogen-bond donors (Lipinski definition) is 4. The van der Waals surface area contributed by atoms with Crippen molar-refractivity contribution in [3.8, 4) is 17.6 Å². The number of esters is 1. The number of carbonyl (C=O) groups excluding carboxylic acids is 3. The smallest absolute Gasteiger partial charge is 0.475 e. The zero-order valence-electron chi connectivity index (χ0n) is 45.2. The van der Waals surface area contributed by atoms with Gasteiger partial charge in [0.1, 0.15) is 54.0 Å². The van der Waals surface area contributed by atoms with Crippen molar-refractivity contribution >= 4 is 59.8 Å². The molecule has 426 valence electrons. The molecule has 9 rings (SSSR count). The second-order valence-electron chi connectivity index (χ2n) is 19.6. The number of anilines is 2. The van der Waals surface area contributed by atoms with Gasteiger partial charge in [-0.15, -0.1) is 0 Å². The molecule has 0 radical (unpaired) electrons. The van der Waals surface area contributed by atoms with Crippen molar-refractivity contribution in [3.05, 3.63) is 129 Å². The van der Waals surface area contributed by atoms with Gasteiger partial charge in [-0.1, -0.05) is 82.3 Å². The third kappa shape index (κ3) is 12.6. The van der Waals surface area contributed by atoms with Crippen molar-refractivity contribution in [1.29, 1.82) is 5.26 Å². The lowest BCUT2D eigenvalue weighted by atomic mass is 9.80. The van der Waals surface area contributed by atoms with Crippen molar-refractivity contribution in [1.82, 2.24) is 39.0 Å². The summed E-state index contributed by atoms with van der Waals surface area (Å²) in [6.45, 7) is 6.63. The first-order chi connectivity index (χ1) is 38.9. The number of amides is 2. The van der Waals surface area contributed by atoms with E-state index in [1.54, 1.807) is 66.2 Å². The Morgan fingerprint density at radius 3 is 1.68 bits per heavy atom. The lowest BCUT2D eigenvalue weighted by molar-refractivity contribution is -0.150. The van der Waals surface area contributed by atoms with E-state index in [1.165, 1.54) is 28.7 Å². The van der Waals surface area contributed by atoms with E-state index in [1.807, 2.05) is 60.7 Å². The van der Waals surface area contributed by atoms with E-state index in [-0.39, 0.29) is 60.1 Å². The van der Waals surface area contributed by atoms with Gasteiger partial charge in [0.05, 0.1) is 59.2 Å². The first-order valence-electron chi connectivity index (χ1n) is 25.9. The maximum Gasteiger partial charge on any atom is 0.475 e. The first-order valence-corrected chi connectivity index (χ1v) is 27.3. The van der Waals surface area contributed by atoms with Gasteiger partial charge >= 0.3 is 13.8 Å². The maximum atomic E-state index is 15.3. The normalized spacial score (nSPS) is 19.9. The highest BCUT2D eigenvalue weighted by molar-refractivity contribution is 7.48. The summed E-state index contributed by atoms with van der Waals surface area (Å²) in [5.41, 5.74) is -0.652. The molecular weight excluding hydrogens is 1070 g/mol. The number of H-pyrrole nitrogens is 2. The summed E-state index contributed by atoms with van der Waals surface area (Å²) in [6.07, 6.45) is -4.37. The minimum absolute atomic E-state index is 0.0244. The van der Waals surface area contributed by atoms with Gasteiger partial charge in [0, 0.05) is 31.6 Å².